The zero-order valence-corrected chi connectivity index (χ0v) is 25.0. The molecule has 0 bridgehead atoms. The Morgan fingerprint density at radius 3 is 2.09 bits per heavy atom. The van der Waals surface area contributed by atoms with E-state index >= 15 is 0 Å². The highest BCUT2D eigenvalue weighted by molar-refractivity contribution is 5.49. The van der Waals surface area contributed by atoms with Crippen molar-refractivity contribution >= 4 is 0 Å². The predicted octanol–water partition coefficient (Wildman–Crippen LogP) is 4.53. The van der Waals surface area contributed by atoms with Crippen LogP contribution in [0, 0.1) is 5.92 Å². The minimum Gasteiger partial charge on any atom is -0.497 e. The van der Waals surface area contributed by atoms with E-state index in [0.29, 0.717) is 24.3 Å². The Labute approximate surface area is 259 Å². The molecular weight excluding hydrogens is 578 g/mol. The van der Waals surface area contributed by atoms with Crippen LogP contribution in [0.5, 0.6) is 11.5 Å². The molecule has 1 aliphatic rings. The fraction of sp³-hybridized carbons (Fsp3) is 0.333. The molecule has 3 aromatic carbocycles. The number of azide groups is 1. The molecule has 4 aromatic rings. The maximum atomic E-state index is 12.8. The first-order valence-corrected chi connectivity index (χ1v) is 14.6. The summed E-state index contributed by atoms with van der Waals surface area (Å²) in [6.45, 7) is 0.162. The van der Waals surface area contributed by atoms with Gasteiger partial charge in [-0.3, -0.25) is 14.3 Å². The zero-order valence-electron chi connectivity index (χ0n) is 25.0. The second-order valence-electron chi connectivity index (χ2n) is 10.6. The van der Waals surface area contributed by atoms with Gasteiger partial charge in [0.2, 0.25) is 0 Å². The van der Waals surface area contributed by atoms with Gasteiger partial charge in [-0.2, -0.15) is 0 Å². The maximum Gasteiger partial charge on any atom is 0.330 e. The van der Waals surface area contributed by atoms with E-state index in [4.69, 9.17) is 24.5 Å². The number of nitrogens with one attached hydrogen (secondary N) is 1. The second-order valence-corrected chi connectivity index (χ2v) is 10.6. The number of H-pyrrole nitrogens is 1. The molecule has 0 aliphatic carbocycles. The normalized spacial score (nSPS) is 19.5. The predicted molar refractivity (Wildman–Crippen MR) is 166 cm³/mol. The van der Waals surface area contributed by atoms with E-state index < -0.39 is 41.2 Å². The van der Waals surface area contributed by atoms with Crippen molar-refractivity contribution in [1.29, 1.82) is 0 Å². The van der Waals surface area contributed by atoms with Gasteiger partial charge in [-0.1, -0.05) is 59.7 Å². The Bertz CT molecular complexity index is 1670. The Balaban J connectivity index is 1.55. The van der Waals surface area contributed by atoms with Crippen LogP contribution in [0.25, 0.3) is 10.4 Å². The lowest BCUT2D eigenvalue weighted by atomic mass is 9.80. The molecule has 5 rings (SSSR count). The SMILES string of the molecule is COc1ccc(C(OC[C@H]2O[C@@H](n3ccc(=O)[nH]c3=O)[C@H](CCCN=[N+]=[N-])[C@@H]2O)(c2ccccc2)c2ccc(OC)cc2)cc1. The van der Waals surface area contributed by atoms with E-state index in [0.717, 1.165) is 16.7 Å². The summed E-state index contributed by atoms with van der Waals surface area (Å²) in [5.74, 6) is 0.815. The molecule has 12 nitrogen and oxygen atoms in total. The molecular formula is C33H35N5O7. The third kappa shape index (κ3) is 6.64. The average molecular weight is 614 g/mol. The summed E-state index contributed by atoms with van der Waals surface area (Å²) >= 11 is 0. The van der Waals surface area contributed by atoms with Gasteiger partial charge < -0.3 is 24.1 Å². The van der Waals surface area contributed by atoms with Crippen molar-refractivity contribution < 1.29 is 24.1 Å². The molecule has 0 amide bonds. The molecule has 1 aromatic heterocycles. The molecule has 0 spiro atoms. The summed E-state index contributed by atoms with van der Waals surface area (Å²) in [6.07, 6.45) is -0.572. The largest absolute Gasteiger partial charge is 0.497 e. The molecule has 12 heteroatoms. The number of hydrogen-bond donors (Lipinski definition) is 2. The highest BCUT2D eigenvalue weighted by Crippen LogP contribution is 2.44. The third-order valence-corrected chi connectivity index (χ3v) is 8.12. The van der Waals surface area contributed by atoms with Crippen molar-refractivity contribution in [2.24, 2.45) is 11.0 Å². The average Bonchev–Trinajstić information content (AvgIpc) is 3.38. The molecule has 1 saturated heterocycles. The van der Waals surface area contributed by atoms with Crippen LogP contribution in [0.1, 0.15) is 35.8 Å². The van der Waals surface area contributed by atoms with E-state index in [2.05, 4.69) is 15.0 Å². The van der Waals surface area contributed by atoms with Crippen molar-refractivity contribution in [2.75, 3.05) is 27.4 Å². The van der Waals surface area contributed by atoms with Crippen molar-refractivity contribution in [3.63, 3.8) is 0 Å². The molecule has 1 aliphatic heterocycles. The van der Waals surface area contributed by atoms with Crippen molar-refractivity contribution in [3.8, 4) is 11.5 Å². The first-order valence-electron chi connectivity index (χ1n) is 14.6. The lowest BCUT2D eigenvalue weighted by Gasteiger charge is -2.37. The van der Waals surface area contributed by atoms with E-state index in [9.17, 15) is 14.7 Å². The van der Waals surface area contributed by atoms with Crippen LogP contribution in [-0.2, 0) is 15.1 Å². The van der Waals surface area contributed by atoms with E-state index in [-0.39, 0.29) is 13.2 Å². The Kier molecular flexibility index (Phi) is 10.0. The molecule has 2 N–H and O–H groups in total. The number of nitrogens with zero attached hydrogens (tertiary/aromatic N) is 4. The number of aliphatic hydroxyl groups is 1. The number of methoxy groups -OCH3 is 2. The van der Waals surface area contributed by atoms with Gasteiger partial charge in [-0.05, 0) is 59.3 Å². The lowest BCUT2D eigenvalue weighted by Crippen LogP contribution is -2.38. The summed E-state index contributed by atoms with van der Waals surface area (Å²) in [7, 11) is 3.21. The van der Waals surface area contributed by atoms with Crippen LogP contribution in [0.2, 0.25) is 0 Å². The molecule has 2 heterocycles. The fourth-order valence-corrected chi connectivity index (χ4v) is 5.88. The minimum atomic E-state index is -1.15. The van der Waals surface area contributed by atoms with Crippen LogP contribution in [-0.4, -0.2) is 54.2 Å². The highest BCUT2D eigenvalue weighted by atomic mass is 16.6. The molecule has 0 radical (unpaired) electrons. The van der Waals surface area contributed by atoms with Crippen LogP contribution in [0.4, 0.5) is 0 Å². The third-order valence-electron chi connectivity index (χ3n) is 8.12. The number of ether oxygens (including phenoxy) is 4. The van der Waals surface area contributed by atoms with E-state index in [1.165, 1.54) is 16.8 Å². The molecule has 4 atom stereocenters. The Morgan fingerprint density at radius 1 is 0.933 bits per heavy atom. The van der Waals surface area contributed by atoms with Crippen LogP contribution in [0.15, 0.2) is 106 Å². The fourth-order valence-electron chi connectivity index (χ4n) is 5.88. The number of aliphatic hydroxyl groups excluding tert-OH is 1. The van der Waals surface area contributed by atoms with Gasteiger partial charge in [0.1, 0.15) is 29.4 Å². The van der Waals surface area contributed by atoms with Gasteiger partial charge in [-0.15, -0.1) is 0 Å². The van der Waals surface area contributed by atoms with Gasteiger partial charge in [0.25, 0.3) is 5.56 Å². The topological polar surface area (TPSA) is 161 Å². The Hall–Kier alpha value is -4.87. The first-order chi connectivity index (χ1) is 21.9. The van der Waals surface area contributed by atoms with Crippen molar-refractivity contribution in [1.82, 2.24) is 9.55 Å². The van der Waals surface area contributed by atoms with Gasteiger partial charge in [0.15, 0.2) is 0 Å². The summed E-state index contributed by atoms with van der Waals surface area (Å²) in [5.41, 5.74) is 8.83. The highest BCUT2D eigenvalue weighted by Gasteiger charge is 2.47. The first kappa shape index (κ1) is 31.6. The molecule has 0 unspecified atom stereocenters. The van der Waals surface area contributed by atoms with Crippen LogP contribution in [0.3, 0.4) is 0 Å². The minimum absolute atomic E-state index is 0.0599. The number of aromatic nitrogens is 2. The van der Waals surface area contributed by atoms with Crippen LogP contribution < -0.4 is 20.7 Å². The van der Waals surface area contributed by atoms with Gasteiger partial charge in [0, 0.05) is 29.6 Å². The zero-order chi connectivity index (χ0) is 31.8. The Morgan fingerprint density at radius 2 is 1.53 bits per heavy atom. The van der Waals surface area contributed by atoms with Gasteiger partial charge in [0.05, 0.1) is 26.9 Å². The van der Waals surface area contributed by atoms with Gasteiger partial charge in [-0.25, -0.2) is 4.79 Å². The van der Waals surface area contributed by atoms with E-state index in [1.54, 1.807) is 14.2 Å². The molecule has 234 valence electrons. The lowest BCUT2D eigenvalue weighted by molar-refractivity contribution is -0.0949. The molecule has 45 heavy (non-hydrogen) atoms. The summed E-state index contributed by atoms with van der Waals surface area (Å²) in [5, 5.41) is 15.2. The second kappa shape index (κ2) is 14.3. The van der Waals surface area contributed by atoms with Crippen LogP contribution >= 0.6 is 0 Å². The standard InChI is InChI=1S/C33H35N5O7/c1-42-25-14-10-23(11-15-25)33(22-7-4-3-5-8-22,24-12-16-26(43-2)17-13-24)44-21-28-30(40)27(9-6-19-35-37-34)31(45-28)38-20-18-29(39)36-32(38)41/h3-5,7-8,10-18,20,27-28,30-31,40H,6,9,19,21H2,1-2H3,(H,36,39,41)/t27-,28-,30+,31-/m1/s1. The summed E-state index contributed by atoms with van der Waals surface area (Å²) in [4.78, 5) is 29.6. The monoisotopic (exact) mass is 613 g/mol. The summed E-state index contributed by atoms with van der Waals surface area (Å²) in [6, 6.07) is 26.1. The number of rotatable bonds is 13. The molecule has 0 saturated carbocycles. The quantitative estimate of drug-likeness (QED) is 0.0736. The van der Waals surface area contributed by atoms with E-state index in [1.807, 2.05) is 78.9 Å². The molecule has 1 fully saturated rings. The number of benzene rings is 3. The van der Waals surface area contributed by atoms with Crippen molar-refractivity contribution in [3.05, 3.63) is 139 Å². The maximum absolute atomic E-state index is 12.8. The van der Waals surface area contributed by atoms with Crippen molar-refractivity contribution in [2.45, 2.75) is 36.9 Å². The smallest absolute Gasteiger partial charge is 0.330 e. The summed E-state index contributed by atoms with van der Waals surface area (Å²) < 4.78 is 25.4. The number of hydrogen-bond acceptors (Lipinski definition) is 8. The van der Waals surface area contributed by atoms with Gasteiger partial charge >= 0.3 is 5.69 Å². The number of aromatic amines is 1.